The molecule has 2 aliphatic heterocycles. The van der Waals surface area contributed by atoms with E-state index in [1.54, 1.807) is 6.92 Å². The highest BCUT2D eigenvalue weighted by atomic mass is 16.2. The normalized spacial score (nSPS) is 28.6. The molecule has 1 unspecified atom stereocenters. The molecule has 0 aromatic carbocycles. The van der Waals surface area contributed by atoms with E-state index in [4.69, 9.17) is 5.73 Å². The molecule has 4 heteroatoms. The van der Waals surface area contributed by atoms with Gasteiger partial charge in [-0.15, -0.1) is 0 Å². The van der Waals surface area contributed by atoms with Gasteiger partial charge in [-0.2, -0.15) is 0 Å². The summed E-state index contributed by atoms with van der Waals surface area (Å²) < 4.78 is 0. The standard InChI is InChI=1S/C12H23N3O/c1-10(13)12(16)15-7-4-11(9-15)8-14-5-2-3-6-14/h10-11H,2-9,13H2,1H3/t10-,11?/m1/s1. The zero-order valence-corrected chi connectivity index (χ0v) is 10.2. The number of hydrogen-bond donors (Lipinski definition) is 1. The van der Waals surface area contributed by atoms with Crippen LogP contribution in [0.4, 0.5) is 0 Å². The number of nitrogens with zero attached hydrogens (tertiary/aromatic N) is 2. The first-order valence-corrected chi connectivity index (χ1v) is 6.43. The first-order chi connectivity index (χ1) is 7.66. The third kappa shape index (κ3) is 2.74. The Bertz CT molecular complexity index is 249. The van der Waals surface area contributed by atoms with Crippen LogP contribution in [0.1, 0.15) is 26.2 Å². The van der Waals surface area contributed by atoms with Crippen molar-refractivity contribution in [3.05, 3.63) is 0 Å². The first-order valence-electron chi connectivity index (χ1n) is 6.43. The Balaban J connectivity index is 1.76. The molecule has 0 aliphatic carbocycles. The van der Waals surface area contributed by atoms with Crippen molar-refractivity contribution in [2.24, 2.45) is 11.7 Å². The van der Waals surface area contributed by atoms with Crippen molar-refractivity contribution in [3.8, 4) is 0 Å². The van der Waals surface area contributed by atoms with Crippen LogP contribution in [0, 0.1) is 5.92 Å². The van der Waals surface area contributed by atoms with Crippen LogP contribution in [-0.4, -0.2) is 54.5 Å². The minimum absolute atomic E-state index is 0.115. The summed E-state index contributed by atoms with van der Waals surface area (Å²) in [5.74, 6) is 0.782. The topological polar surface area (TPSA) is 49.6 Å². The molecule has 2 atom stereocenters. The molecule has 0 aromatic heterocycles. The molecule has 0 bridgehead atoms. The molecule has 2 N–H and O–H groups in total. The Morgan fingerprint density at radius 2 is 2.06 bits per heavy atom. The Morgan fingerprint density at radius 1 is 1.38 bits per heavy atom. The van der Waals surface area contributed by atoms with Gasteiger partial charge in [0.05, 0.1) is 6.04 Å². The molecular formula is C12H23N3O. The molecule has 0 aromatic rings. The van der Waals surface area contributed by atoms with Gasteiger partial charge in [0.1, 0.15) is 0 Å². The van der Waals surface area contributed by atoms with Crippen LogP contribution in [0.5, 0.6) is 0 Å². The van der Waals surface area contributed by atoms with Gasteiger partial charge in [-0.05, 0) is 45.2 Å². The van der Waals surface area contributed by atoms with Crippen molar-refractivity contribution in [1.82, 2.24) is 9.80 Å². The van der Waals surface area contributed by atoms with Gasteiger partial charge in [-0.1, -0.05) is 0 Å². The third-order valence-electron chi connectivity index (χ3n) is 3.70. The first kappa shape index (κ1) is 11.9. The van der Waals surface area contributed by atoms with Gasteiger partial charge >= 0.3 is 0 Å². The van der Waals surface area contributed by atoms with Gasteiger partial charge in [0.25, 0.3) is 0 Å². The molecule has 2 saturated heterocycles. The SMILES string of the molecule is C[C@@H](N)C(=O)N1CCC(CN2CCCC2)C1. The highest BCUT2D eigenvalue weighted by molar-refractivity contribution is 5.81. The number of rotatable bonds is 3. The number of amides is 1. The summed E-state index contributed by atoms with van der Waals surface area (Å²) in [4.78, 5) is 16.2. The molecule has 16 heavy (non-hydrogen) atoms. The van der Waals surface area contributed by atoms with Crippen LogP contribution in [-0.2, 0) is 4.79 Å². The summed E-state index contributed by atoms with van der Waals surface area (Å²) in [7, 11) is 0. The molecule has 2 rings (SSSR count). The maximum Gasteiger partial charge on any atom is 0.239 e. The van der Waals surface area contributed by atoms with Crippen LogP contribution >= 0.6 is 0 Å². The van der Waals surface area contributed by atoms with Crippen molar-refractivity contribution in [2.75, 3.05) is 32.7 Å². The van der Waals surface area contributed by atoms with Gasteiger partial charge in [-0.25, -0.2) is 0 Å². The van der Waals surface area contributed by atoms with Crippen molar-refractivity contribution in [3.63, 3.8) is 0 Å². The van der Waals surface area contributed by atoms with Crippen molar-refractivity contribution in [1.29, 1.82) is 0 Å². The average molecular weight is 225 g/mol. The Hall–Kier alpha value is -0.610. The zero-order valence-electron chi connectivity index (χ0n) is 10.2. The Labute approximate surface area is 97.8 Å². The molecule has 4 nitrogen and oxygen atoms in total. The van der Waals surface area contributed by atoms with E-state index in [1.807, 2.05) is 4.90 Å². The number of carbonyl (C=O) groups is 1. The molecule has 1 amide bonds. The minimum Gasteiger partial charge on any atom is -0.341 e. The summed E-state index contributed by atoms with van der Waals surface area (Å²) >= 11 is 0. The number of nitrogens with two attached hydrogens (primary N) is 1. The molecular weight excluding hydrogens is 202 g/mol. The van der Waals surface area contributed by atoms with E-state index in [0.29, 0.717) is 5.92 Å². The van der Waals surface area contributed by atoms with E-state index in [-0.39, 0.29) is 11.9 Å². The van der Waals surface area contributed by atoms with Gasteiger partial charge in [-0.3, -0.25) is 4.79 Å². The van der Waals surface area contributed by atoms with E-state index < -0.39 is 0 Å². The molecule has 0 radical (unpaired) electrons. The smallest absolute Gasteiger partial charge is 0.239 e. The lowest BCUT2D eigenvalue weighted by atomic mass is 10.1. The maximum absolute atomic E-state index is 11.7. The second-order valence-electron chi connectivity index (χ2n) is 5.24. The second-order valence-corrected chi connectivity index (χ2v) is 5.24. The molecule has 2 aliphatic rings. The zero-order chi connectivity index (χ0) is 11.5. The fourth-order valence-electron chi connectivity index (χ4n) is 2.80. The summed E-state index contributed by atoms with van der Waals surface area (Å²) in [6.45, 7) is 7.25. The largest absolute Gasteiger partial charge is 0.341 e. The van der Waals surface area contributed by atoms with E-state index in [0.717, 1.165) is 19.5 Å². The summed E-state index contributed by atoms with van der Waals surface area (Å²) in [6, 6.07) is -0.342. The molecule has 2 fully saturated rings. The van der Waals surface area contributed by atoms with Crippen LogP contribution < -0.4 is 5.73 Å². The fraction of sp³-hybridized carbons (Fsp3) is 0.917. The highest BCUT2D eigenvalue weighted by Gasteiger charge is 2.29. The molecule has 0 spiro atoms. The van der Waals surface area contributed by atoms with Gasteiger partial charge in [0.15, 0.2) is 0 Å². The third-order valence-corrected chi connectivity index (χ3v) is 3.70. The van der Waals surface area contributed by atoms with E-state index in [9.17, 15) is 4.79 Å². The number of hydrogen-bond acceptors (Lipinski definition) is 3. The lowest BCUT2D eigenvalue weighted by Crippen LogP contribution is -2.41. The van der Waals surface area contributed by atoms with Crippen LogP contribution in [0.15, 0.2) is 0 Å². The van der Waals surface area contributed by atoms with Crippen LogP contribution in [0.25, 0.3) is 0 Å². The average Bonchev–Trinajstić information content (AvgIpc) is 2.88. The quantitative estimate of drug-likeness (QED) is 0.750. The van der Waals surface area contributed by atoms with Gasteiger partial charge in [0, 0.05) is 19.6 Å². The number of carbonyl (C=O) groups excluding carboxylic acids is 1. The van der Waals surface area contributed by atoms with Gasteiger partial charge < -0.3 is 15.5 Å². The predicted molar refractivity (Wildman–Crippen MR) is 64.0 cm³/mol. The maximum atomic E-state index is 11.7. The van der Waals surface area contributed by atoms with Crippen molar-refractivity contribution in [2.45, 2.75) is 32.2 Å². The lowest BCUT2D eigenvalue weighted by molar-refractivity contribution is -0.131. The predicted octanol–water partition coefficient (Wildman–Crippen LogP) is 0.278. The van der Waals surface area contributed by atoms with Crippen molar-refractivity contribution < 1.29 is 4.79 Å². The minimum atomic E-state index is -0.342. The van der Waals surface area contributed by atoms with Crippen molar-refractivity contribution >= 4 is 5.91 Å². The van der Waals surface area contributed by atoms with E-state index in [1.165, 1.54) is 32.5 Å². The number of likely N-dealkylation sites (tertiary alicyclic amines) is 2. The Kier molecular flexibility index (Phi) is 3.82. The Morgan fingerprint density at radius 3 is 2.69 bits per heavy atom. The molecule has 0 saturated carbocycles. The molecule has 92 valence electrons. The second kappa shape index (κ2) is 5.15. The van der Waals surface area contributed by atoms with Crippen LogP contribution in [0.2, 0.25) is 0 Å². The van der Waals surface area contributed by atoms with E-state index >= 15 is 0 Å². The monoisotopic (exact) mass is 225 g/mol. The lowest BCUT2D eigenvalue weighted by Gasteiger charge is -2.21. The fourth-order valence-corrected chi connectivity index (χ4v) is 2.80. The van der Waals surface area contributed by atoms with E-state index in [2.05, 4.69) is 4.90 Å². The van der Waals surface area contributed by atoms with Gasteiger partial charge in [0.2, 0.25) is 5.91 Å². The highest BCUT2D eigenvalue weighted by Crippen LogP contribution is 2.20. The summed E-state index contributed by atoms with van der Waals surface area (Å²) in [5, 5.41) is 0. The summed E-state index contributed by atoms with van der Waals surface area (Å²) in [6.07, 6.45) is 3.83. The van der Waals surface area contributed by atoms with Crippen LogP contribution in [0.3, 0.4) is 0 Å². The molecule has 2 heterocycles. The summed E-state index contributed by atoms with van der Waals surface area (Å²) in [5.41, 5.74) is 5.62.